The predicted molar refractivity (Wildman–Crippen MR) is 133 cm³/mol. The van der Waals surface area contributed by atoms with Gasteiger partial charge in [0, 0.05) is 23.0 Å². The normalized spacial score (nSPS) is 16.7. The van der Waals surface area contributed by atoms with Gasteiger partial charge in [-0.1, -0.05) is 46.3 Å². The molecular formula is C27H28BrNO5. The van der Waals surface area contributed by atoms with Crippen LogP contribution in [0.25, 0.3) is 0 Å². The highest BCUT2D eigenvalue weighted by Crippen LogP contribution is 2.36. The molecule has 0 aliphatic heterocycles. The molecule has 2 N–H and O–H groups in total. The summed E-state index contributed by atoms with van der Waals surface area (Å²) in [7, 11) is 1.58. The van der Waals surface area contributed by atoms with Gasteiger partial charge in [-0.3, -0.25) is 4.79 Å². The Kier molecular flexibility index (Phi) is 7.88. The minimum atomic E-state index is -0.478. The summed E-state index contributed by atoms with van der Waals surface area (Å²) in [4.78, 5) is 11.9. The van der Waals surface area contributed by atoms with Gasteiger partial charge in [0.15, 0.2) is 11.5 Å². The van der Waals surface area contributed by atoms with Crippen molar-refractivity contribution in [2.24, 2.45) is 0 Å². The zero-order valence-corrected chi connectivity index (χ0v) is 20.8. The molecule has 3 aromatic rings. The van der Waals surface area contributed by atoms with Gasteiger partial charge < -0.3 is 24.6 Å². The smallest absolute Gasteiger partial charge is 0.310 e. The highest BCUT2D eigenvalue weighted by atomic mass is 79.9. The van der Waals surface area contributed by atoms with Crippen molar-refractivity contribution in [1.29, 1.82) is 0 Å². The number of benzene rings is 3. The molecule has 0 spiro atoms. The van der Waals surface area contributed by atoms with Crippen molar-refractivity contribution < 1.29 is 24.1 Å². The molecule has 7 heteroatoms. The van der Waals surface area contributed by atoms with Crippen LogP contribution in [0.2, 0.25) is 0 Å². The van der Waals surface area contributed by atoms with Gasteiger partial charge in [0.2, 0.25) is 0 Å². The summed E-state index contributed by atoms with van der Waals surface area (Å²) < 4.78 is 17.7. The zero-order valence-electron chi connectivity index (χ0n) is 19.2. The number of halogens is 1. The number of carbonyl (C=O) groups is 1. The summed E-state index contributed by atoms with van der Waals surface area (Å²) in [5.41, 5.74) is 3.99. The molecule has 178 valence electrons. The second-order valence-corrected chi connectivity index (χ2v) is 9.07. The van der Waals surface area contributed by atoms with Gasteiger partial charge in [-0.05, 0) is 53.9 Å². The van der Waals surface area contributed by atoms with E-state index in [0.717, 1.165) is 21.2 Å². The van der Waals surface area contributed by atoms with Crippen LogP contribution in [-0.4, -0.2) is 30.9 Å². The van der Waals surface area contributed by atoms with Gasteiger partial charge in [-0.25, -0.2) is 0 Å². The van der Waals surface area contributed by atoms with E-state index in [1.807, 2.05) is 36.4 Å². The largest absolute Gasteiger partial charge is 0.493 e. The maximum atomic E-state index is 11.9. The Morgan fingerprint density at radius 1 is 1.09 bits per heavy atom. The van der Waals surface area contributed by atoms with E-state index in [9.17, 15) is 9.90 Å². The van der Waals surface area contributed by atoms with Gasteiger partial charge >= 0.3 is 5.97 Å². The predicted octanol–water partition coefficient (Wildman–Crippen LogP) is 5.10. The molecule has 34 heavy (non-hydrogen) atoms. The Labute approximate surface area is 208 Å². The Morgan fingerprint density at radius 3 is 2.68 bits per heavy atom. The molecule has 0 aromatic heterocycles. The second-order valence-electron chi connectivity index (χ2n) is 8.15. The molecule has 0 bridgehead atoms. The molecule has 0 heterocycles. The van der Waals surface area contributed by atoms with Gasteiger partial charge in [0.1, 0.15) is 5.75 Å². The Balaban J connectivity index is 1.55. The zero-order chi connectivity index (χ0) is 24.1. The lowest BCUT2D eigenvalue weighted by atomic mass is 10.1. The molecule has 3 aromatic carbocycles. The standard InChI is InChI=1S/C27H28BrNO5/c1-3-33-26(31)13-17-8-10-24(32-2)25(12-17)34-23-11-9-20(28)14-19(23)16-29-27-21-7-5-4-6-18(21)15-22(27)30/h4-12,14,22,27,29-30H,3,13,15-16H2,1-2H3/t22-,27+/m0/s1. The van der Waals surface area contributed by atoms with Crippen molar-refractivity contribution in [3.8, 4) is 17.2 Å². The average Bonchev–Trinajstić information content (AvgIpc) is 3.14. The SMILES string of the molecule is CCOC(=O)Cc1ccc(OC)c(Oc2ccc(Br)cc2CN[C@@H]2c3ccccc3C[C@@H]2O)c1. The minimum absolute atomic E-state index is 0.148. The van der Waals surface area contributed by atoms with E-state index in [-0.39, 0.29) is 18.4 Å². The Hall–Kier alpha value is -2.87. The Morgan fingerprint density at radius 2 is 1.88 bits per heavy atom. The third-order valence-electron chi connectivity index (χ3n) is 5.84. The first-order valence-electron chi connectivity index (χ1n) is 11.3. The van der Waals surface area contributed by atoms with E-state index in [2.05, 4.69) is 33.4 Å². The van der Waals surface area contributed by atoms with E-state index in [1.165, 1.54) is 5.56 Å². The summed E-state index contributed by atoms with van der Waals surface area (Å²) in [5.74, 6) is 1.44. The van der Waals surface area contributed by atoms with E-state index >= 15 is 0 Å². The molecule has 0 radical (unpaired) electrons. The molecule has 4 rings (SSSR count). The summed E-state index contributed by atoms with van der Waals surface area (Å²) in [5, 5.41) is 14.1. The topological polar surface area (TPSA) is 77.0 Å². The van der Waals surface area contributed by atoms with Crippen LogP contribution in [0.5, 0.6) is 17.2 Å². The molecule has 0 saturated carbocycles. The van der Waals surface area contributed by atoms with E-state index in [4.69, 9.17) is 14.2 Å². The average molecular weight is 526 g/mol. The number of hydrogen-bond acceptors (Lipinski definition) is 6. The lowest BCUT2D eigenvalue weighted by molar-refractivity contribution is -0.142. The van der Waals surface area contributed by atoms with Crippen LogP contribution >= 0.6 is 15.9 Å². The fraction of sp³-hybridized carbons (Fsp3) is 0.296. The Bertz CT molecular complexity index is 1170. The van der Waals surface area contributed by atoms with Crippen LogP contribution in [0.15, 0.2) is 65.1 Å². The van der Waals surface area contributed by atoms with E-state index in [0.29, 0.717) is 36.8 Å². The first kappa shape index (κ1) is 24.3. The van der Waals surface area contributed by atoms with Gasteiger partial charge in [-0.15, -0.1) is 0 Å². The number of methoxy groups -OCH3 is 1. The number of fused-ring (bicyclic) bond motifs is 1. The first-order chi connectivity index (χ1) is 16.5. The number of hydrogen-bond donors (Lipinski definition) is 2. The summed E-state index contributed by atoms with van der Waals surface area (Å²) in [6.07, 6.45) is 0.316. The van der Waals surface area contributed by atoms with E-state index < -0.39 is 6.10 Å². The molecule has 1 aliphatic carbocycles. The highest BCUT2D eigenvalue weighted by Gasteiger charge is 2.30. The number of aliphatic hydroxyl groups is 1. The monoisotopic (exact) mass is 525 g/mol. The minimum Gasteiger partial charge on any atom is -0.493 e. The third-order valence-corrected chi connectivity index (χ3v) is 6.33. The fourth-order valence-electron chi connectivity index (χ4n) is 4.23. The van der Waals surface area contributed by atoms with Crippen molar-refractivity contribution in [2.45, 2.75) is 38.5 Å². The molecule has 0 unspecified atom stereocenters. The molecule has 0 saturated heterocycles. The van der Waals surface area contributed by atoms with Crippen molar-refractivity contribution in [1.82, 2.24) is 5.32 Å². The van der Waals surface area contributed by atoms with Crippen molar-refractivity contribution >= 4 is 21.9 Å². The number of aliphatic hydroxyl groups excluding tert-OH is 1. The van der Waals surface area contributed by atoms with Crippen LogP contribution in [0.3, 0.4) is 0 Å². The van der Waals surface area contributed by atoms with E-state index in [1.54, 1.807) is 26.2 Å². The lowest BCUT2D eigenvalue weighted by Crippen LogP contribution is -2.28. The molecular weight excluding hydrogens is 498 g/mol. The van der Waals surface area contributed by atoms with Crippen LogP contribution in [0.4, 0.5) is 0 Å². The van der Waals surface area contributed by atoms with Crippen molar-refractivity contribution in [3.63, 3.8) is 0 Å². The number of carbonyl (C=O) groups excluding carboxylic acids is 1. The summed E-state index contributed by atoms with van der Waals surface area (Å²) >= 11 is 3.55. The number of esters is 1. The first-order valence-corrected chi connectivity index (χ1v) is 12.1. The summed E-state index contributed by atoms with van der Waals surface area (Å²) in [6, 6.07) is 19.2. The van der Waals surface area contributed by atoms with Gasteiger partial charge in [0.05, 0.1) is 32.3 Å². The van der Waals surface area contributed by atoms with Crippen LogP contribution in [-0.2, 0) is 28.9 Å². The number of ether oxygens (including phenoxy) is 3. The molecule has 6 nitrogen and oxygen atoms in total. The lowest BCUT2D eigenvalue weighted by Gasteiger charge is -2.20. The third kappa shape index (κ3) is 5.60. The molecule has 0 fully saturated rings. The van der Waals surface area contributed by atoms with Crippen molar-refractivity contribution in [3.05, 3.63) is 87.4 Å². The van der Waals surface area contributed by atoms with Crippen LogP contribution in [0, 0.1) is 0 Å². The maximum Gasteiger partial charge on any atom is 0.310 e. The number of rotatable bonds is 9. The summed E-state index contributed by atoms with van der Waals surface area (Å²) in [6.45, 7) is 2.62. The second kappa shape index (κ2) is 11.0. The fourth-order valence-corrected chi connectivity index (χ4v) is 4.64. The molecule has 0 amide bonds. The van der Waals surface area contributed by atoms with Gasteiger partial charge in [-0.2, -0.15) is 0 Å². The highest BCUT2D eigenvalue weighted by molar-refractivity contribution is 9.10. The quantitative estimate of drug-likeness (QED) is 0.378. The van der Waals surface area contributed by atoms with Crippen LogP contribution < -0.4 is 14.8 Å². The number of nitrogens with one attached hydrogen (secondary N) is 1. The molecule has 2 atom stereocenters. The van der Waals surface area contributed by atoms with Crippen LogP contribution in [0.1, 0.15) is 35.2 Å². The van der Waals surface area contributed by atoms with Gasteiger partial charge in [0.25, 0.3) is 0 Å². The molecule has 1 aliphatic rings. The maximum absolute atomic E-state index is 11.9. The van der Waals surface area contributed by atoms with Crippen molar-refractivity contribution in [2.75, 3.05) is 13.7 Å².